The van der Waals surface area contributed by atoms with Gasteiger partial charge in [0.05, 0.1) is 0 Å². The molecule has 66 heavy (non-hydrogen) atoms. The summed E-state index contributed by atoms with van der Waals surface area (Å²) in [6, 6.07) is 0. The van der Waals surface area contributed by atoms with Crippen molar-refractivity contribution in [1.29, 1.82) is 0 Å². The molecule has 0 fully saturated rings. The maximum absolute atomic E-state index is 12.8. The van der Waals surface area contributed by atoms with Gasteiger partial charge >= 0.3 is 17.9 Å². The zero-order valence-electron chi connectivity index (χ0n) is 41.9. The summed E-state index contributed by atoms with van der Waals surface area (Å²) in [7, 11) is 0. The predicted molar refractivity (Wildman–Crippen MR) is 283 cm³/mol. The van der Waals surface area contributed by atoms with Crippen LogP contribution in [0.2, 0.25) is 0 Å². The van der Waals surface area contributed by atoms with Crippen molar-refractivity contribution in [1.82, 2.24) is 0 Å². The molecule has 0 aromatic heterocycles. The van der Waals surface area contributed by atoms with Gasteiger partial charge in [-0.1, -0.05) is 205 Å². The van der Waals surface area contributed by atoms with E-state index < -0.39 is 6.10 Å². The summed E-state index contributed by atoms with van der Waals surface area (Å²) in [5, 5.41) is 0. The smallest absolute Gasteiger partial charge is 0.306 e. The number of carbonyl (C=O) groups excluding carboxylic acids is 3. The van der Waals surface area contributed by atoms with Crippen LogP contribution in [0.15, 0.2) is 146 Å². The van der Waals surface area contributed by atoms with Gasteiger partial charge in [-0.15, -0.1) is 0 Å². The molecule has 0 saturated carbocycles. The topological polar surface area (TPSA) is 78.9 Å². The van der Waals surface area contributed by atoms with Crippen molar-refractivity contribution in [3.63, 3.8) is 0 Å². The molecule has 6 heteroatoms. The maximum atomic E-state index is 12.8. The van der Waals surface area contributed by atoms with Crippen molar-refractivity contribution in [3.05, 3.63) is 146 Å². The van der Waals surface area contributed by atoms with E-state index in [1.165, 1.54) is 25.7 Å². The lowest BCUT2D eigenvalue weighted by atomic mass is 10.1. The third-order valence-electron chi connectivity index (χ3n) is 10.2. The van der Waals surface area contributed by atoms with Gasteiger partial charge < -0.3 is 14.2 Å². The van der Waals surface area contributed by atoms with Crippen molar-refractivity contribution < 1.29 is 28.6 Å². The minimum absolute atomic E-state index is 0.127. The quantitative estimate of drug-likeness (QED) is 0.0199. The summed E-state index contributed by atoms with van der Waals surface area (Å²) in [5.41, 5.74) is 0. The van der Waals surface area contributed by atoms with Crippen LogP contribution in [-0.2, 0) is 28.6 Å². The number of hydrogen-bond acceptors (Lipinski definition) is 6. The molecule has 0 bridgehead atoms. The molecule has 0 heterocycles. The Bertz CT molecular complexity index is 1510. The molecule has 0 aliphatic rings. The second-order valence-corrected chi connectivity index (χ2v) is 16.4. The van der Waals surface area contributed by atoms with Crippen LogP contribution in [0.1, 0.15) is 194 Å². The summed E-state index contributed by atoms with van der Waals surface area (Å²) < 4.78 is 16.7. The molecule has 368 valence electrons. The first-order valence-corrected chi connectivity index (χ1v) is 25.9. The van der Waals surface area contributed by atoms with Crippen LogP contribution in [0.3, 0.4) is 0 Å². The van der Waals surface area contributed by atoms with Crippen molar-refractivity contribution in [2.45, 2.75) is 200 Å². The van der Waals surface area contributed by atoms with E-state index in [0.29, 0.717) is 19.3 Å². The van der Waals surface area contributed by atoms with Gasteiger partial charge in [-0.3, -0.25) is 14.4 Å². The van der Waals surface area contributed by atoms with Crippen LogP contribution in [0.25, 0.3) is 0 Å². The third kappa shape index (κ3) is 50.3. The summed E-state index contributed by atoms with van der Waals surface area (Å²) in [6.45, 7) is 6.23. The fraction of sp³-hybridized carbons (Fsp3) is 0.550. The Morgan fingerprint density at radius 2 is 0.682 bits per heavy atom. The standard InChI is InChI=1S/C60H92O6/c1-4-7-10-13-16-19-22-25-28-30-33-35-38-41-44-47-50-53-59(62)65-56-57(55-64-58(61)52-49-46-43-40-37-34-31-27-24-21-18-15-12-9-6-3)66-60(63)54-51-48-45-42-39-36-32-29-26-23-20-17-14-11-8-5-2/h8-9,11-12,15-21,24-29,31,33,35-36,39,41,44,57H,4-7,10,13-14,22-23,30,32,34,37-38,40,42-43,45-56H2,1-3H3/b11-8-,12-9-,18-15-,19-16-,20-17-,24-21-,28-25-,29-26-,31-27-,35-33-,39-36-,44-41-. The second kappa shape index (κ2) is 52.9. The highest BCUT2D eigenvalue weighted by atomic mass is 16.6. The van der Waals surface area contributed by atoms with Gasteiger partial charge in [0.1, 0.15) is 13.2 Å². The Labute approximate surface area is 404 Å². The lowest BCUT2D eigenvalue weighted by Crippen LogP contribution is -2.30. The number of unbranched alkanes of at least 4 members (excludes halogenated alkanes) is 12. The van der Waals surface area contributed by atoms with Crippen molar-refractivity contribution in [2.24, 2.45) is 0 Å². The van der Waals surface area contributed by atoms with Gasteiger partial charge in [-0.2, -0.15) is 0 Å². The van der Waals surface area contributed by atoms with Crippen LogP contribution in [0.5, 0.6) is 0 Å². The average Bonchev–Trinajstić information content (AvgIpc) is 3.31. The number of esters is 3. The minimum Gasteiger partial charge on any atom is -0.462 e. The zero-order chi connectivity index (χ0) is 47.9. The van der Waals surface area contributed by atoms with Gasteiger partial charge in [-0.25, -0.2) is 0 Å². The molecule has 0 aromatic carbocycles. The highest BCUT2D eigenvalue weighted by Crippen LogP contribution is 2.11. The van der Waals surface area contributed by atoms with E-state index >= 15 is 0 Å². The molecule has 0 N–H and O–H groups in total. The van der Waals surface area contributed by atoms with Gasteiger partial charge in [-0.05, 0) is 116 Å². The van der Waals surface area contributed by atoms with Gasteiger partial charge in [0.2, 0.25) is 0 Å². The third-order valence-corrected chi connectivity index (χ3v) is 10.2. The van der Waals surface area contributed by atoms with Gasteiger partial charge in [0, 0.05) is 19.3 Å². The van der Waals surface area contributed by atoms with Crippen LogP contribution in [-0.4, -0.2) is 37.2 Å². The number of ether oxygens (including phenoxy) is 3. The van der Waals surface area contributed by atoms with Gasteiger partial charge in [0.25, 0.3) is 0 Å². The molecule has 0 aliphatic carbocycles. The molecular weight excluding hydrogens is 817 g/mol. The number of allylic oxidation sites excluding steroid dienone is 24. The number of carbonyl (C=O) groups is 3. The van der Waals surface area contributed by atoms with Crippen LogP contribution >= 0.6 is 0 Å². The highest BCUT2D eigenvalue weighted by Gasteiger charge is 2.19. The second-order valence-electron chi connectivity index (χ2n) is 16.4. The molecule has 1 unspecified atom stereocenters. The van der Waals surface area contributed by atoms with Crippen LogP contribution in [0, 0.1) is 0 Å². The maximum Gasteiger partial charge on any atom is 0.306 e. The molecule has 1 atom stereocenters. The number of hydrogen-bond donors (Lipinski definition) is 0. The largest absolute Gasteiger partial charge is 0.462 e. The average molecular weight is 909 g/mol. The van der Waals surface area contributed by atoms with Crippen LogP contribution in [0.4, 0.5) is 0 Å². The zero-order valence-corrected chi connectivity index (χ0v) is 41.9. The van der Waals surface area contributed by atoms with E-state index in [4.69, 9.17) is 14.2 Å². The summed E-state index contributed by atoms with van der Waals surface area (Å²) in [4.78, 5) is 38.0. The Kier molecular flexibility index (Phi) is 49.1. The first-order valence-electron chi connectivity index (χ1n) is 25.9. The summed E-state index contributed by atoms with van der Waals surface area (Å²) in [6.07, 6.45) is 75.4. The summed E-state index contributed by atoms with van der Waals surface area (Å²) in [5.74, 6) is -1.05. The van der Waals surface area contributed by atoms with E-state index in [1.54, 1.807) is 0 Å². The Balaban J connectivity index is 4.61. The molecule has 0 amide bonds. The first-order chi connectivity index (χ1) is 32.5. The molecule has 6 nitrogen and oxygen atoms in total. The summed E-state index contributed by atoms with van der Waals surface area (Å²) >= 11 is 0. The van der Waals surface area contributed by atoms with Crippen LogP contribution < -0.4 is 0 Å². The molecule has 0 saturated heterocycles. The minimum atomic E-state index is -0.833. The van der Waals surface area contributed by atoms with E-state index in [9.17, 15) is 14.4 Å². The number of rotatable bonds is 44. The molecule has 0 aromatic rings. The fourth-order valence-corrected chi connectivity index (χ4v) is 6.32. The lowest BCUT2D eigenvalue weighted by molar-refractivity contribution is -0.167. The van der Waals surface area contributed by atoms with E-state index in [1.807, 2.05) is 24.3 Å². The SMILES string of the molecule is CC\C=C/C=C\C=C/C=C\CCCCCCCC(=O)OCC(COC(=O)CCC/C=C\C/C=C\C/C=C\C/C=C\CCCCC)OC(=O)CCCCC/C=C\C/C=C\C/C=C\C/C=C\CC. The molecule has 0 radical (unpaired) electrons. The molecule has 0 aliphatic heterocycles. The fourth-order valence-electron chi connectivity index (χ4n) is 6.32. The monoisotopic (exact) mass is 909 g/mol. The van der Waals surface area contributed by atoms with E-state index in [2.05, 4.69) is 142 Å². The lowest BCUT2D eigenvalue weighted by Gasteiger charge is -2.18. The normalized spacial score (nSPS) is 13.3. The van der Waals surface area contributed by atoms with E-state index in [-0.39, 0.29) is 44.0 Å². The van der Waals surface area contributed by atoms with Crippen molar-refractivity contribution >= 4 is 17.9 Å². The van der Waals surface area contributed by atoms with E-state index in [0.717, 1.165) is 116 Å². The Hall–Kier alpha value is -4.71. The Morgan fingerprint density at radius 1 is 0.333 bits per heavy atom. The van der Waals surface area contributed by atoms with Crippen molar-refractivity contribution in [3.8, 4) is 0 Å². The van der Waals surface area contributed by atoms with Gasteiger partial charge in [0.15, 0.2) is 6.10 Å². The Morgan fingerprint density at radius 3 is 1.18 bits per heavy atom. The molecular formula is C60H92O6. The van der Waals surface area contributed by atoms with Crippen molar-refractivity contribution in [2.75, 3.05) is 13.2 Å². The molecule has 0 rings (SSSR count). The first kappa shape index (κ1) is 61.3. The molecule has 0 spiro atoms. The predicted octanol–water partition coefficient (Wildman–Crippen LogP) is 17.3. The highest BCUT2D eigenvalue weighted by molar-refractivity contribution is 5.71.